The van der Waals surface area contributed by atoms with Crippen LogP contribution in [0.15, 0.2) is 48.1 Å². The third kappa shape index (κ3) is 10.5. The molecule has 438 valence electrons. The molecule has 1 aromatic carbocycles. The number of carbonyl (C=O) groups is 2. The molecule has 4 aliphatic carbocycles. The van der Waals surface area contributed by atoms with Gasteiger partial charge in [0.05, 0.1) is 54.2 Å². The van der Waals surface area contributed by atoms with Crippen molar-refractivity contribution in [1.82, 2.24) is 0 Å². The number of ketones is 1. The number of carbonyl (C=O) groups excluding carboxylic acids is 2. The van der Waals surface area contributed by atoms with Crippen LogP contribution < -0.4 is 0 Å². The van der Waals surface area contributed by atoms with E-state index in [1.807, 2.05) is 57.2 Å². The van der Waals surface area contributed by atoms with Crippen molar-refractivity contribution in [2.75, 3.05) is 28.4 Å². The largest absolute Gasteiger partial charge is 0.458 e. The lowest BCUT2D eigenvalue weighted by atomic mass is 9.42. The molecule has 0 radical (unpaired) electrons. The fourth-order valence-electron chi connectivity index (χ4n) is 15.0. The number of Topliss-reactive ketones (excluding diaryl/α,β-unsaturated/α-hetero) is 1. The van der Waals surface area contributed by atoms with E-state index in [0.717, 1.165) is 11.1 Å². The predicted octanol–water partition coefficient (Wildman–Crippen LogP) is 4.21. The van der Waals surface area contributed by atoms with Gasteiger partial charge in [0.1, 0.15) is 59.5 Å². The van der Waals surface area contributed by atoms with Gasteiger partial charge in [-0.1, -0.05) is 48.9 Å². The Hall–Kier alpha value is -2.84. The van der Waals surface area contributed by atoms with Crippen LogP contribution in [0.4, 0.5) is 0 Å². The van der Waals surface area contributed by atoms with Crippen LogP contribution in [-0.4, -0.2) is 199 Å². The lowest BCUT2D eigenvalue weighted by molar-refractivity contribution is -0.356. The number of methoxy groups -OCH3 is 4. The van der Waals surface area contributed by atoms with Crippen LogP contribution in [0.25, 0.3) is 6.08 Å². The van der Waals surface area contributed by atoms with E-state index in [0.29, 0.717) is 38.5 Å². The van der Waals surface area contributed by atoms with Gasteiger partial charge < -0.3 is 87.1 Å². The summed E-state index contributed by atoms with van der Waals surface area (Å²) < 4.78 is 81.0. The van der Waals surface area contributed by atoms with Crippen molar-refractivity contribution in [3.05, 3.63) is 53.6 Å². The first-order valence-electron chi connectivity index (χ1n) is 28.0. The molecular formula is C58H86O20. The summed E-state index contributed by atoms with van der Waals surface area (Å²) in [6, 6.07) is 9.29. The molecule has 0 aromatic heterocycles. The van der Waals surface area contributed by atoms with Crippen LogP contribution in [0.1, 0.15) is 118 Å². The minimum Gasteiger partial charge on any atom is -0.458 e. The third-order valence-corrected chi connectivity index (χ3v) is 19.7. The topological polar surface area (TPSA) is 255 Å². The lowest BCUT2D eigenvalue weighted by Crippen LogP contribution is -2.78. The fourth-order valence-corrected chi connectivity index (χ4v) is 15.0. The van der Waals surface area contributed by atoms with Crippen molar-refractivity contribution in [3.63, 3.8) is 0 Å². The van der Waals surface area contributed by atoms with Gasteiger partial charge in [-0.05, 0) is 104 Å². The standard InChI is InChI=1S/C58H86O20/c1-30-47(61)52(69-11)48(62)53(73-30)78-51-33(4)72-46(28-40(51)68-10)77-50-32(3)71-45(27-39(50)67-9)76-49-31(2)70-44(26-38(49)66-8)74-37-20-21-54(6)36(25-37)19-22-57(64)41(54)29-42(75-43(60)18-17-35-15-13-12-14-16-35)55(7)56(63,34(5)59)23-24-58(55,57)65/h12-19,30-33,37-42,44-53,61-65H,20-29H2,1-11H3/b18-17+/t30-,31-,32-,33-,37+,38+,39+,40-,41-,42-,44+,45+,46+,47-,48-,49-,50-,51-,52+,53+,54+,55-,56+,57+,58-/m1/s1. The zero-order valence-electron chi connectivity index (χ0n) is 47.1. The van der Waals surface area contributed by atoms with Crippen LogP contribution in [0.3, 0.4) is 0 Å². The van der Waals surface area contributed by atoms with Gasteiger partial charge >= 0.3 is 5.97 Å². The van der Waals surface area contributed by atoms with Crippen molar-refractivity contribution >= 4 is 17.8 Å². The van der Waals surface area contributed by atoms with Gasteiger partial charge in [0, 0.05) is 59.7 Å². The van der Waals surface area contributed by atoms with E-state index < -0.39 is 156 Å². The molecule has 0 unspecified atom stereocenters. The summed E-state index contributed by atoms with van der Waals surface area (Å²) in [6.45, 7) is 12.3. The molecule has 25 atom stereocenters. The van der Waals surface area contributed by atoms with Crippen molar-refractivity contribution < 1.29 is 96.7 Å². The number of fused-ring (bicyclic) bond motifs is 5. The maximum atomic E-state index is 13.6. The first-order valence-corrected chi connectivity index (χ1v) is 28.0. The van der Waals surface area contributed by atoms with Gasteiger partial charge in [-0.2, -0.15) is 0 Å². The first kappa shape index (κ1) is 59.8. The van der Waals surface area contributed by atoms with E-state index >= 15 is 0 Å². The van der Waals surface area contributed by atoms with Gasteiger partial charge in [-0.3, -0.25) is 4.79 Å². The van der Waals surface area contributed by atoms with Crippen LogP contribution in [-0.2, 0) is 71.2 Å². The molecular weight excluding hydrogens is 1020 g/mol. The number of hydrogen-bond donors (Lipinski definition) is 5. The Morgan fingerprint density at radius 3 is 1.74 bits per heavy atom. The minimum atomic E-state index is -2.05. The Labute approximate surface area is 458 Å². The molecule has 0 bridgehead atoms. The quantitative estimate of drug-likeness (QED) is 0.0883. The summed E-state index contributed by atoms with van der Waals surface area (Å²) in [6.07, 6.45) is -5.13. The Morgan fingerprint density at radius 2 is 1.21 bits per heavy atom. The fraction of sp³-hybridized carbons (Fsp3) is 0.793. The lowest BCUT2D eigenvalue weighted by Gasteiger charge is -2.67. The van der Waals surface area contributed by atoms with E-state index in [1.54, 1.807) is 41.3 Å². The monoisotopic (exact) mass is 1100 g/mol. The summed E-state index contributed by atoms with van der Waals surface area (Å²) in [5.41, 5.74) is -6.29. The Morgan fingerprint density at radius 1 is 0.654 bits per heavy atom. The molecule has 78 heavy (non-hydrogen) atoms. The summed E-state index contributed by atoms with van der Waals surface area (Å²) >= 11 is 0. The van der Waals surface area contributed by atoms with Gasteiger partial charge in [0.25, 0.3) is 0 Å². The summed E-state index contributed by atoms with van der Waals surface area (Å²) in [7, 11) is 6.24. The Bertz CT molecular complexity index is 2300. The van der Waals surface area contributed by atoms with Crippen LogP contribution in [0, 0.1) is 16.7 Å². The van der Waals surface area contributed by atoms with E-state index in [4.69, 9.17) is 61.6 Å². The Kier molecular flexibility index (Phi) is 18.0. The van der Waals surface area contributed by atoms with E-state index in [-0.39, 0.29) is 31.8 Å². The zero-order valence-corrected chi connectivity index (χ0v) is 47.1. The van der Waals surface area contributed by atoms with Gasteiger partial charge in [-0.15, -0.1) is 0 Å². The Balaban J connectivity index is 0.810. The van der Waals surface area contributed by atoms with Crippen molar-refractivity contribution in [3.8, 4) is 0 Å². The molecule has 0 amide bonds. The number of rotatable bonds is 16. The minimum absolute atomic E-state index is 0.0552. The normalized spacial score (nSPS) is 48.6. The second-order valence-electron chi connectivity index (χ2n) is 23.7. The summed E-state index contributed by atoms with van der Waals surface area (Å²) in [4.78, 5) is 27.0. The number of esters is 1. The second-order valence-corrected chi connectivity index (χ2v) is 23.7. The number of benzene rings is 1. The number of hydrogen-bond acceptors (Lipinski definition) is 20. The third-order valence-electron chi connectivity index (χ3n) is 19.7. The van der Waals surface area contributed by atoms with Crippen molar-refractivity contribution in [1.29, 1.82) is 0 Å². The van der Waals surface area contributed by atoms with Crippen LogP contribution in [0.5, 0.6) is 0 Å². The maximum absolute atomic E-state index is 13.6. The molecule has 20 nitrogen and oxygen atoms in total. The predicted molar refractivity (Wildman–Crippen MR) is 277 cm³/mol. The van der Waals surface area contributed by atoms with Crippen molar-refractivity contribution in [2.24, 2.45) is 16.7 Å². The molecule has 20 heteroatoms. The molecule has 9 rings (SSSR count). The average molecular weight is 1100 g/mol. The molecule has 3 saturated carbocycles. The van der Waals surface area contributed by atoms with Gasteiger partial charge in [0.15, 0.2) is 30.9 Å². The van der Waals surface area contributed by atoms with E-state index in [2.05, 4.69) is 6.92 Å². The van der Waals surface area contributed by atoms with E-state index in [9.17, 15) is 35.1 Å². The molecule has 1 aromatic rings. The molecule has 4 aliphatic heterocycles. The highest BCUT2D eigenvalue weighted by Crippen LogP contribution is 2.71. The highest BCUT2D eigenvalue weighted by atomic mass is 16.8. The zero-order chi connectivity index (χ0) is 56.3. The molecule has 4 heterocycles. The first-order chi connectivity index (χ1) is 37.0. The number of aliphatic hydroxyl groups excluding tert-OH is 2. The molecule has 8 aliphatic rings. The number of aliphatic hydroxyl groups is 5. The summed E-state index contributed by atoms with van der Waals surface area (Å²) in [5, 5.41) is 59.5. The highest BCUT2D eigenvalue weighted by Gasteiger charge is 2.81. The molecule has 5 N–H and O–H groups in total. The molecule has 0 spiro atoms. The van der Waals surface area contributed by atoms with Crippen LogP contribution >= 0.6 is 0 Å². The van der Waals surface area contributed by atoms with Crippen molar-refractivity contribution in [2.45, 2.75) is 246 Å². The smallest absolute Gasteiger partial charge is 0.331 e. The number of ether oxygens (including phenoxy) is 13. The summed E-state index contributed by atoms with van der Waals surface area (Å²) in [5.74, 6) is -1.82. The van der Waals surface area contributed by atoms with Gasteiger partial charge in [0.2, 0.25) is 0 Å². The van der Waals surface area contributed by atoms with Crippen LogP contribution in [0.2, 0.25) is 0 Å². The SMILES string of the molecule is CO[C@@H]1[C@@H](O)[C@H](O[C@@H]2[C@@H](C)O[C@@H](O[C@H]3[C@@H](OC)C[C@H](O[C@H]4[C@@H](OC)C[C@H](O[C@H]5CC[C@@]6(C)C(=CC[C@]7(O)[C@@H]6C[C@@H](OC(=O)/C=C/c6ccccc6)[C@@]6(C)[C@]7(O)CC[C@]6(O)C(C)=O)C5)O[C@@H]4C)O[C@@H]3C)C[C@H]2OC)O[C@H](C)[C@H]1O. The van der Waals surface area contributed by atoms with E-state index in [1.165, 1.54) is 20.1 Å². The maximum Gasteiger partial charge on any atom is 0.331 e. The second kappa shape index (κ2) is 23.4. The average Bonchev–Trinajstić information content (AvgIpc) is 2.85. The molecule has 7 fully saturated rings. The highest BCUT2D eigenvalue weighted by molar-refractivity contribution is 5.88. The molecule has 4 saturated heterocycles. The van der Waals surface area contributed by atoms with Gasteiger partial charge in [-0.25, -0.2) is 4.79 Å².